The fourth-order valence-corrected chi connectivity index (χ4v) is 3.08. The van der Waals surface area contributed by atoms with Gasteiger partial charge in [0.1, 0.15) is 0 Å². The predicted octanol–water partition coefficient (Wildman–Crippen LogP) is 4.28. The van der Waals surface area contributed by atoms with Gasteiger partial charge in [0.25, 0.3) is 0 Å². The monoisotopic (exact) mass is 275 g/mol. The zero-order valence-corrected chi connectivity index (χ0v) is 13.4. The van der Waals surface area contributed by atoms with Gasteiger partial charge >= 0.3 is 0 Å². The van der Waals surface area contributed by atoms with Crippen molar-refractivity contribution in [2.45, 2.75) is 52.0 Å². The third-order valence-corrected chi connectivity index (χ3v) is 4.60. The van der Waals surface area contributed by atoms with Crippen LogP contribution in [0, 0.1) is 5.41 Å². The van der Waals surface area contributed by atoms with E-state index < -0.39 is 0 Å². The summed E-state index contributed by atoms with van der Waals surface area (Å²) in [6.45, 7) is 8.86. The Morgan fingerprint density at radius 3 is 2.60 bits per heavy atom. The van der Waals surface area contributed by atoms with Gasteiger partial charge < -0.3 is 10.1 Å². The van der Waals surface area contributed by atoms with E-state index in [9.17, 15) is 0 Å². The van der Waals surface area contributed by atoms with Crippen molar-refractivity contribution in [2.24, 2.45) is 5.41 Å². The molecule has 0 saturated heterocycles. The van der Waals surface area contributed by atoms with Gasteiger partial charge in [-0.15, -0.1) is 0 Å². The summed E-state index contributed by atoms with van der Waals surface area (Å²) in [5, 5.41) is 3.79. The number of hydrogen-bond acceptors (Lipinski definition) is 2. The van der Waals surface area contributed by atoms with Crippen LogP contribution in [0.3, 0.4) is 0 Å². The molecule has 1 N–H and O–H groups in total. The lowest BCUT2D eigenvalue weighted by atomic mass is 9.80. The van der Waals surface area contributed by atoms with E-state index in [1.165, 1.54) is 24.0 Å². The molecule has 0 heterocycles. The second-order valence-corrected chi connectivity index (χ2v) is 6.95. The highest BCUT2D eigenvalue weighted by atomic mass is 16.5. The number of hydrogen-bond donors (Lipinski definition) is 1. The molecule has 0 fully saturated rings. The first-order valence-corrected chi connectivity index (χ1v) is 7.84. The predicted molar refractivity (Wildman–Crippen MR) is 85.1 cm³/mol. The van der Waals surface area contributed by atoms with Gasteiger partial charge in [-0.2, -0.15) is 0 Å². The Morgan fingerprint density at radius 1 is 1.20 bits per heavy atom. The molecule has 0 spiro atoms. The molecule has 2 nitrogen and oxygen atoms in total. The van der Waals surface area contributed by atoms with E-state index >= 15 is 0 Å². The lowest BCUT2D eigenvalue weighted by Gasteiger charge is -2.33. The van der Waals surface area contributed by atoms with Gasteiger partial charge in [0, 0.05) is 26.3 Å². The summed E-state index contributed by atoms with van der Waals surface area (Å²) < 4.78 is 5.21. The first kappa shape index (κ1) is 15.5. The van der Waals surface area contributed by atoms with Gasteiger partial charge in [-0.25, -0.2) is 0 Å². The minimum absolute atomic E-state index is 0.286. The molecule has 20 heavy (non-hydrogen) atoms. The van der Waals surface area contributed by atoms with Crippen molar-refractivity contribution in [3.8, 4) is 0 Å². The van der Waals surface area contributed by atoms with Crippen molar-refractivity contribution in [1.29, 1.82) is 0 Å². The maximum atomic E-state index is 5.21. The third-order valence-electron chi connectivity index (χ3n) is 4.60. The second kappa shape index (κ2) is 6.73. The molecule has 2 heteroatoms. The summed E-state index contributed by atoms with van der Waals surface area (Å²) >= 11 is 0. The maximum Gasteiger partial charge on any atom is 0.0467 e. The van der Waals surface area contributed by atoms with E-state index in [1.54, 1.807) is 7.11 Å². The summed E-state index contributed by atoms with van der Waals surface area (Å²) in [5.74, 6) is 0.700. The average Bonchev–Trinajstić information content (AvgIpc) is 2.45. The first-order valence-electron chi connectivity index (χ1n) is 7.84. The zero-order valence-electron chi connectivity index (χ0n) is 13.4. The highest BCUT2D eigenvalue weighted by Gasteiger charge is 2.26. The first-order chi connectivity index (χ1) is 9.53. The van der Waals surface area contributed by atoms with E-state index in [0.717, 1.165) is 19.6 Å². The summed E-state index contributed by atoms with van der Waals surface area (Å²) in [7, 11) is 1.78. The standard InChI is InChI=1S/C18H29NO/c1-14-9-10-17(16-8-6-5-7-15(14)16)19-13-18(2,3)11-12-20-4/h5-8,14,17,19H,9-13H2,1-4H3. The normalized spacial score (nSPS) is 22.6. The van der Waals surface area contributed by atoms with Crippen molar-refractivity contribution < 1.29 is 4.74 Å². The van der Waals surface area contributed by atoms with Crippen LogP contribution in [0.1, 0.15) is 63.1 Å². The van der Waals surface area contributed by atoms with Crippen molar-refractivity contribution in [1.82, 2.24) is 5.32 Å². The van der Waals surface area contributed by atoms with Gasteiger partial charge in [-0.05, 0) is 41.7 Å². The number of nitrogens with one attached hydrogen (secondary N) is 1. The van der Waals surface area contributed by atoms with Gasteiger partial charge in [0.05, 0.1) is 0 Å². The van der Waals surface area contributed by atoms with Crippen LogP contribution in [0.4, 0.5) is 0 Å². The molecule has 0 amide bonds. The summed E-state index contributed by atoms with van der Waals surface area (Å²) in [5.41, 5.74) is 3.33. The van der Waals surface area contributed by atoms with Gasteiger partial charge in [-0.3, -0.25) is 0 Å². The van der Waals surface area contributed by atoms with E-state index in [-0.39, 0.29) is 5.41 Å². The van der Waals surface area contributed by atoms with Crippen LogP contribution in [-0.2, 0) is 4.74 Å². The lowest BCUT2D eigenvalue weighted by Crippen LogP contribution is -2.35. The Morgan fingerprint density at radius 2 is 1.90 bits per heavy atom. The van der Waals surface area contributed by atoms with Crippen LogP contribution < -0.4 is 5.32 Å². The largest absolute Gasteiger partial charge is 0.385 e. The van der Waals surface area contributed by atoms with E-state index in [0.29, 0.717) is 12.0 Å². The molecule has 0 radical (unpaired) electrons. The van der Waals surface area contributed by atoms with Crippen LogP contribution in [0.25, 0.3) is 0 Å². The molecule has 112 valence electrons. The van der Waals surface area contributed by atoms with Crippen molar-refractivity contribution >= 4 is 0 Å². The van der Waals surface area contributed by atoms with Gasteiger partial charge in [0.2, 0.25) is 0 Å². The van der Waals surface area contributed by atoms with Crippen LogP contribution in [0.15, 0.2) is 24.3 Å². The number of rotatable bonds is 6. The maximum absolute atomic E-state index is 5.21. The molecule has 1 aliphatic carbocycles. The van der Waals surface area contributed by atoms with E-state index in [1.807, 2.05) is 0 Å². The van der Waals surface area contributed by atoms with E-state index in [4.69, 9.17) is 4.74 Å². The minimum Gasteiger partial charge on any atom is -0.385 e. The Hall–Kier alpha value is -0.860. The van der Waals surface area contributed by atoms with Crippen LogP contribution >= 0.6 is 0 Å². The molecule has 0 bridgehead atoms. The molecule has 1 aliphatic rings. The number of benzene rings is 1. The fourth-order valence-electron chi connectivity index (χ4n) is 3.08. The molecule has 2 rings (SSSR count). The molecule has 1 aromatic carbocycles. The lowest BCUT2D eigenvalue weighted by molar-refractivity contribution is 0.148. The number of fused-ring (bicyclic) bond motifs is 1. The Kier molecular flexibility index (Phi) is 5.22. The number of methoxy groups -OCH3 is 1. The van der Waals surface area contributed by atoms with Crippen LogP contribution in [0.5, 0.6) is 0 Å². The number of ether oxygens (including phenoxy) is 1. The molecular formula is C18H29NO. The molecule has 2 unspecified atom stereocenters. The van der Waals surface area contributed by atoms with Gasteiger partial charge in [-0.1, -0.05) is 45.0 Å². The highest BCUT2D eigenvalue weighted by molar-refractivity contribution is 5.34. The topological polar surface area (TPSA) is 21.3 Å². The molecular weight excluding hydrogens is 246 g/mol. The quantitative estimate of drug-likeness (QED) is 0.837. The van der Waals surface area contributed by atoms with Crippen molar-refractivity contribution in [3.05, 3.63) is 35.4 Å². The molecule has 0 aromatic heterocycles. The van der Waals surface area contributed by atoms with E-state index in [2.05, 4.69) is 50.4 Å². The second-order valence-electron chi connectivity index (χ2n) is 6.95. The fraction of sp³-hybridized carbons (Fsp3) is 0.667. The Bertz CT molecular complexity index is 427. The summed E-state index contributed by atoms with van der Waals surface area (Å²) in [4.78, 5) is 0. The van der Waals surface area contributed by atoms with Crippen LogP contribution in [-0.4, -0.2) is 20.3 Å². The highest BCUT2D eigenvalue weighted by Crippen LogP contribution is 2.37. The van der Waals surface area contributed by atoms with Crippen molar-refractivity contribution in [2.75, 3.05) is 20.3 Å². The Labute approximate surface area is 123 Å². The average molecular weight is 275 g/mol. The van der Waals surface area contributed by atoms with Crippen LogP contribution in [0.2, 0.25) is 0 Å². The van der Waals surface area contributed by atoms with Crippen molar-refractivity contribution in [3.63, 3.8) is 0 Å². The molecule has 0 saturated carbocycles. The molecule has 1 aromatic rings. The minimum atomic E-state index is 0.286. The summed E-state index contributed by atoms with van der Waals surface area (Å²) in [6.07, 6.45) is 3.63. The van der Waals surface area contributed by atoms with Gasteiger partial charge in [0.15, 0.2) is 0 Å². The smallest absolute Gasteiger partial charge is 0.0467 e. The molecule has 2 atom stereocenters. The molecule has 0 aliphatic heterocycles. The SMILES string of the molecule is COCCC(C)(C)CNC1CCC(C)c2ccccc21. The third kappa shape index (κ3) is 3.83. The zero-order chi connectivity index (χ0) is 14.6. The Balaban J connectivity index is 1.99. The summed E-state index contributed by atoms with van der Waals surface area (Å²) in [6, 6.07) is 9.44.